The summed E-state index contributed by atoms with van der Waals surface area (Å²) in [7, 11) is 3.22. The Morgan fingerprint density at radius 1 is 1.17 bits per heavy atom. The number of benzene rings is 1. The van der Waals surface area contributed by atoms with Gasteiger partial charge in [-0.15, -0.1) is 0 Å². The Hall–Kier alpha value is -2.48. The third-order valence-electron chi connectivity index (χ3n) is 3.48. The summed E-state index contributed by atoms with van der Waals surface area (Å²) in [5, 5.41) is 0.678. The first kappa shape index (κ1) is 15.4. The third-order valence-corrected chi connectivity index (χ3v) is 4.04. The van der Waals surface area contributed by atoms with Crippen LogP contribution in [0, 0.1) is 0 Å². The number of hydrogen-bond donors (Lipinski definition) is 1. The molecule has 0 atom stereocenters. The molecule has 0 fully saturated rings. The van der Waals surface area contributed by atoms with Crippen molar-refractivity contribution in [3.63, 3.8) is 0 Å². The molecular weight excluding hydrogens is 314 g/mol. The first-order valence-electron chi connectivity index (χ1n) is 6.89. The Labute approximate surface area is 138 Å². The number of guanidine groups is 1. The number of nitrogens with two attached hydrogens (primary N) is 1. The van der Waals surface area contributed by atoms with Crippen LogP contribution in [0.25, 0.3) is 0 Å². The van der Waals surface area contributed by atoms with Gasteiger partial charge in [0.15, 0.2) is 11.0 Å². The molecule has 0 saturated heterocycles. The number of rotatable bonds is 4. The van der Waals surface area contributed by atoms with Crippen LogP contribution in [0.2, 0.25) is 0 Å². The van der Waals surface area contributed by atoms with Gasteiger partial charge in [0.2, 0.25) is 5.96 Å². The van der Waals surface area contributed by atoms with Crippen LogP contribution in [0.5, 0.6) is 11.5 Å². The standard InChI is InChI=1S/C15H17N5O2S/c1-21-11-4-10(5-12(6-11)22-2)20-8-9-7-17-15(23-3)19-13(9)18-14(20)16/h4-7H,8H2,1-3H3,(H2,16,17,18,19). The first-order valence-corrected chi connectivity index (χ1v) is 8.11. The number of aliphatic imine (C=N–C) groups is 1. The van der Waals surface area contributed by atoms with Crippen LogP contribution in [0.4, 0.5) is 11.5 Å². The molecule has 0 bridgehead atoms. The molecule has 2 heterocycles. The minimum absolute atomic E-state index is 0.374. The zero-order valence-electron chi connectivity index (χ0n) is 13.1. The highest BCUT2D eigenvalue weighted by Crippen LogP contribution is 2.32. The Bertz CT molecular complexity index is 743. The summed E-state index contributed by atoms with van der Waals surface area (Å²) < 4.78 is 10.6. The van der Waals surface area contributed by atoms with Gasteiger partial charge < -0.3 is 20.1 Å². The van der Waals surface area contributed by atoms with Crippen molar-refractivity contribution in [2.24, 2.45) is 10.7 Å². The molecule has 2 aromatic rings. The largest absolute Gasteiger partial charge is 0.497 e. The van der Waals surface area contributed by atoms with Gasteiger partial charge in [-0.2, -0.15) is 4.99 Å². The van der Waals surface area contributed by atoms with E-state index < -0.39 is 0 Å². The second-order valence-electron chi connectivity index (χ2n) is 4.83. The molecule has 2 N–H and O–H groups in total. The summed E-state index contributed by atoms with van der Waals surface area (Å²) in [5.74, 6) is 2.37. The van der Waals surface area contributed by atoms with Crippen LogP contribution < -0.4 is 20.1 Å². The highest BCUT2D eigenvalue weighted by molar-refractivity contribution is 7.98. The van der Waals surface area contributed by atoms with Crippen molar-refractivity contribution >= 4 is 29.2 Å². The maximum atomic E-state index is 6.13. The van der Waals surface area contributed by atoms with E-state index in [1.54, 1.807) is 20.4 Å². The molecule has 1 aromatic carbocycles. The lowest BCUT2D eigenvalue weighted by Gasteiger charge is -2.28. The lowest BCUT2D eigenvalue weighted by molar-refractivity contribution is 0.394. The summed E-state index contributed by atoms with van der Waals surface area (Å²) in [6, 6.07) is 5.57. The van der Waals surface area contributed by atoms with Crippen LogP contribution in [-0.4, -0.2) is 36.4 Å². The van der Waals surface area contributed by atoms with Crippen LogP contribution >= 0.6 is 11.8 Å². The van der Waals surface area contributed by atoms with E-state index in [2.05, 4.69) is 15.0 Å². The number of ether oxygens (including phenoxy) is 2. The molecular formula is C15H17N5O2S. The van der Waals surface area contributed by atoms with E-state index in [-0.39, 0.29) is 0 Å². The van der Waals surface area contributed by atoms with Gasteiger partial charge in [0, 0.05) is 30.0 Å². The normalized spacial score (nSPS) is 13.3. The number of anilines is 1. The molecule has 0 spiro atoms. The van der Waals surface area contributed by atoms with Gasteiger partial charge in [0.25, 0.3) is 0 Å². The molecule has 1 aromatic heterocycles. The number of methoxy groups -OCH3 is 2. The lowest BCUT2D eigenvalue weighted by atomic mass is 10.2. The number of fused-ring (bicyclic) bond motifs is 1. The van der Waals surface area contributed by atoms with Crippen molar-refractivity contribution in [1.29, 1.82) is 0 Å². The van der Waals surface area contributed by atoms with Crippen molar-refractivity contribution in [2.75, 3.05) is 25.4 Å². The van der Waals surface area contributed by atoms with Gasteiger partial charge in [0.1, 0.15) is 11.5 Å². The van der Waals surface area contributed by atoms with Crippen molar-refractivity contribution < 1.29 is 9.47 Å². The summed E-state index contributed by atoms with van der Waals surface area (Å²) in [6.45, 7) is 0.537. The molecule has 1 aliphatic heterocycles. The minimum Gasteiger partial charge on any atom is -0.497 e. The summed E-state index contributed by atoms with van der Waals surface area (Å²) in [6.07, 6.45) is 3.71. The predicted molar refractivity (Wildman–Crippen MR) is 90.8 cm³/mol. The van der Waals surface area contributed by atoms with Gasteiger partial charge in [-0.1, -0.05) is 11.8 Å². The smallest absolute Gasteiger partial charge is 0.202 e. The molecule has 0 amide bonds. The van der Waals surface area contributed by atoms with E-state index in [0.29, 0.717) is 35.0 Å². The van der Waals surface area contributed by atoms with Gasteiger partial charge in [-0.05, 0) is 6.26 Å². The van der Waals surface area contributed by atoms with E-state index in [0.717, 1.165) is 11.3 Å². The minimum atomic E-state index is 0.374. The zero-order chi connectivity index (χ0) is 16.4. The molecule has 23 heavy (non-hydrogen) atoms. The fourth-order valence-corrected chi connectivity index (χ4v) is 2.62. The highest BCUT2D eigenvalue weighted by atomic mass is 32.2. The number of hydrogen-bond acceptors (Lipinski definition) is 8. The molecule has 0 saturated carbocycles. The summed E-state index contributed by atoms with van der Waals surface area (Å²) >= 11 is 1.47. The molecule has 0 aliphatic carbocycles. The van der Waals surface area contributed by atoms with E-state index in [1.807, 2.05) is 29.4 Å². The average molecular weight is 331 g/mol. The third kappa shape index (κ3) is 3.02. The molecule has 7 nitrogen and oxygen atoms in total. The topological polar surface area (TPSA) is 85.9 Å². The Morgan fingerprint density at radius 3 is 2.48 bits per heavy atom. The second-order valence-corrected chi connectivity index (χ2v) is 5.61. The Kier molecular flexibility index (Phi) is 4.24. The van der Waals surface area contributed by atoms with Crippen molar-refractivity contribution in [2.45, 2.75) is 11.7 Å². The van der Waals surface area contributed by atoms with Crippen LogP contribution in [0.3, 0.4) is 0 Å². The number of aromatic nitrogens is 2. The van der Waals surface area contributed by atoms with Crippen LogP contribution in [0.15, 0.2) is 34.5 Å². The van der Waals surface area contributed by atoms with E-state index in [4.69, 9.17) is 15.2 Å². The summed E-state index contributed by atoms with van der Waals surface area (Å²) in [4.78, 5) is 15.0. The number of thioether (sulfide) groups is 1. The predicted octanol–water partition coefficient (Wildman–Crippen LogP) is 2.18. The monoisotopic (exact) mass is 331 g/mol. The van der Waals surface area contributed by atoms with Crippen LogP contribution in [0.1, 0.15) is 5.56 Å². The maximum absolute atomic E-state index is 6.13. The van der Waals surface area contributed by atoms with Gasteiger partial charge >= 0.3 is 0 Å². The molecule has 0 unspecified atom stereocenters. The fourth-order valence-electron chi connectivity index (χ4n) is 2.28. The van der Waals surface area contributed by atoms with Gasteiger partial charge in [0.05, 0.1) is 26.5 Å². The zero-order valence-corrected chi connectivity index (χ0v) is 13.9. The van der Waals surface area contributed by atoms with Gasteiger partial charge in [-0.25, -0.2) is 9.97 Å². The molecule has 3 rings (SSSR count). The highest BCUT2D eigenvalue weighted by Gasteiger charge is 2.22. The lowest BCUT2D eigenvalue weighted by Crippen LogP contribution is -2.39. The van der Waals surface area contributed by atoms with Crippen molar-refractivity contribution in [3.05, 3.63) is 30.0 Å². The Morgan fingerprint density at radius 2 is 1.87 bits per heavy atom. The Balaban J connectivity index is 2.00. The van der Waals surface area contributed by atoms with Crippen molar-refractivity contribution in [1.82, 2.24) is 9.97 Å². The van der Waals surface area contributed by atoms with Crippen LogP contribution in [-0.2, 0) is 6.54 Å². The molecule has 120 valence electrons. The van der Waals surface area contributed by atoms with Crippen molar-refractivity contribution in [3.8, 4) is 11.5 Å². The maximum Gasteiger partial charge on any atom is 0.202 e. The second kappa shape index (κ2) is 6.33. The molecule has 1 aliphatic rings. The fraction of sp³-hybridized carbons (Fsp3) is 0.267. The SMILES string of the molecule is COc1cc(OC)cc(N2Cc3cnc(SC)nc3N=C2N)c1. The average Bonchev–Trinajstić information content (AvgIpc) is 2.59. The first-order chi connectivity index (χ1) is 11.1. The number of nitrogens with zero attached hydrogens (tertiary/aromatic N) is 4. The molecule has 8 heteroatoms. The van der Waals surface area contributed by atoms with E-state index in [1.165, 1.54) is 11.8 Å². The summed E-state index contributed by atoms with van der Waals surface area (Å²) in [5.41, 5.74) is 7.88. The quantitative estimate of drug-likeness (QED) is 0.679. The van der Waals surface area contributed by atoms with E-state index in [9.17, 15) is 0 Å². The molecule has 0 radical (unpaired) electrons. The van der Waals surface area contributed by atoms with E-state index >= 15 is 0 Å². The van der Waals surface area contributed by atoms with Gasteiger partial charge in [-0.3, -0.25) is 0 Å².